The molecule has 1 aliphatic rings. The smallest absolute Gasteiger partial charge is 0.323 e. The molecule has 1 heterocycles. The number of hydrogen-bond acceptors (Lipinski definition) is 5. The number of benzene rings is 4. The van der Waals surface area contributed by atoms with E-state index in [-0.39, 0.29) is 4.90 Å². The summed E-state index contributed by atoms with van der Waals surface area (Å²) in [7, 11) is -3.93. The van der Waals surface area contributed by atoms with E-state index in [0.29, 0.717) is 32.9 Å². The van der Waals surface area contributed by atoms with Gasteiger partial charge >= 0.3 is 6.03 Å². The van der Waals surface area contributed by atoms with Crippen LogP contribution in [0, 0.1) is 0 Å². The van der Waals surface area contributed by atoms with Gasteiger partial charge in [-0.25, -0.2) is 13.2 Å². The van der Waals surface area contributed by atoms with Crippen LogP contribution < -0.4 is 20.1 Å². The molecule has 0 saturated carbocycles. The highest BCUT2D eigenvalue weighted by molar-refractivity contribution is 7.99. The molecule has 2 amide bonds. The van der Waals surface area contributed by atoms with Crippen molar-refractivity contribution in [1.82, 2.24) is 0 Å². The lowest BCUT2D eigenvalue weighted by atomic mass is 10.3. The first-order valence-electron chi connectivity index (χ1n) is 10.5. The van der Waals surface area contributed by atoms with Gasteiger partial charge in [0.15, 0.2) is 0 Å². The zero-order valence-corrected chi connectivity index (χ0v) is 21.4. The summed E-state index contributed by atoms with van der Waals surface area (Å²) in [5, 5.41) is 5.89. The van der Waals surface area contributed by atoms with Crippen LogP contribution in [0.1, 0.15) is 0 Å². The van der Waals surface area contributed by atoms with Crippen LogP contribution >= 0.6 is 35.0 Å². The summed E-state index contributed by atoms with van der Waals surface area (Å²) in [4.78, 5) is 14.1. The Labute approximate surface area is 221 Å². The summed E-state index contributed by atoms with van der Waals surface area (Å²) in [6.07, 6.45) is 0. The van der Waals surface area contributed by atoms with Crippen LogP contribution in [0.15, 0.2) is 99.6 Å². The van der Waals surface area contributed by atoms with Crippen molar-refractivity contribution in [3.8, 4) is 11.5 Å². The summed E-state index contributed by atoms with van der Waals surface area (Å²) in [6.45, 7) is 0. The van der Waals surface area contributed by atoms with E-state index in [1.54, 1.807) is 36.4 Å². The van der Waals surface area contributed by atoms with Gasteiger partial charge < -0.3 is 15.4 Å². The highest BCUT2D eigenvalue weighted by atomic mass is 35.5. The molecule has 0 aromatic heterocycles. The second kappa shape index (κ2) is 9.94. The second-order valence-electron chi connectivity index (χ2n) is 7.65. The number of anilines is 3. The third-order valence-corrected chi connectivity index (χ3v) is 8.28. The molecule has 4 aromatic rings. The number of carbonyl (C=O) groups excluding carboxylic acids is 1. The minimum atomic E-state index is -3.93. The quantitative estimate of drug-likeness (QED) is 0.206. The monoisotopic (exact) mass is 557 g/mol. The minimum absolute atomic E-state index is 0.0122. The van der Waals surface area contributed by atoms with Gasteiger partial charge in [0.05, 0.1) is 30.4 Å². The van der Waals surface area contributed by atoms with Gasteiger partial charge in [-0.1, -0.05) is 53.2 Å². The Morgan fingerprint density at radius 2 is 1.44 bits per heavy atom. The van der Waals surface area contributed by atoms with E-state index in [4.69, 9.17) is 27.9 Å². The van der Waals surface area contributed by atoms with Gasteiger partial charge in [0, 0.05) is 11.4 Å². The van der Waals surface area contributed by atoms with E-state index in [1.807, 2.05) is 24.3 Å². The molecule has 182 valence electrons. The van der Waals surface area contributed by atoms with Crippen LogP contribution in [0.25, 0.3) is 0 Å². The molecule has 36 heavy (non-hydrogen) atoms. The molecular formula is C25H17Cl2N3O4S2. The summed E-state index contributed by atoms with van der Waals surface area (Å²) in [6, 6.07) is 22.7. The van der Waals surface area contributed by atoms with Gasteiger partial charge in [0.2, 0.25) is 0 Å². The van der Waals surface area contributed by atoms with Gasteiger partial charge in [-0.15, -0.1) is 0 Å². The summed E-state index contributed by atoms with van der Waals surface area (Å²) in [5.41, 5.74) is 1.12. The van der Waals surface area contributed by atoms with Crippen molar-refractivity contribution < 1.29 is 17.9 Å². The van der Waals surface area contributed by atoms with Crippen molar-refractivity contribution in [2.45, 2.75) is 14.7 Å². The Kier molecular flexibility index (Phi) is 6.72. The number of sulfonamides is 1. The lowest BCUT2D eigenvalue weighted by Crippen LogP contribution is -2.20. The van der Waals surface area contributed by atoms with Gasteiger partial charge in [-0.05, 0) is 66.7 Å². The highest BCUT2D eigenvalue weighted by Gasteiger charge is 2.20. The van der Waals surface area contributed by atoms with Crippen molar-refractivity contribution in [1.29, 1.82) is 0 Å². The number of para-hydroxylation sites is 1. The number of carbonyl (C=O) groups is 1. The summed E-state index contributed by atoms with van der Waals surface area (Å²) < 4.78 is 34.6. The molecule has 4 aromatic carbocycles. The number of urea groups is 1. The van der Waals surface area contributed by atoms with Gasteiger partial charge in [0.25, 0.3) is 10.0 Å². The van der Waals surface area contributed by atoms with E-state index in [2.05, 4.69) is 15.4 Å². The molecule has 0 fully saturated rings. The molecule has 3 N–H and O–H groups in total. The third-order valence-electron chi connectivity index (χ3n) is 5.06. The van der Waals surface area contributed by atoms with Crippen molar-refractivity contribution in [2.24, 2.45) is 0 Å². The first-order chi connectivity index (χ1) is 17.3. The maximum Gasteiger partial charge on any atom is 0.323 e. The lowest BCUT2D eigenvalue weighted by Gasteiger charge is -2.20. The largest absolute Gasteiger partial charge is 0.455 e. The normalized spacial score (nSPS) is 12.1. The number of ether oxygens (including phenoxy) is 1. The molecule has 11 heteroatoms. The van der Waals surface area contributed by atoms with E-state index in [1.165, 1.54) is 36.0 Å². The molecule has 0 atom stereocenters. The van der Waals surface area contributed by atoms with Crippen molar-refractivity contribution in [3.05, 3.63) is 95.0 Å². The molecule has 0 saturated heterocycles. The van der Waals surface area contributed by atoms with Crippen LogP contribution in [0.5, 0.6) is 11.5 Å². The fourth-order valence-corrected chi connectivity index (χ4v) is 5.80. The topological polar surface area (TPSA) is 96.5 Å². The molecule has 0 radical (unpaired) electrons. The predicted octanol–water partition coefficient (Wildman–Crippen LogP) is 7.70. The molecule has 1 aliphatic heterocycles. The SMILES string of the molecule is O=C(Nc1cccc(S(=O)(=O)Nc2ccc3c(c2)Sc2ccccc2O3)c1)Nc1ccc(Cl)c(Cl)c1. The van der Waals surface area contributed by atoms with E-state index in [0.717, 1.165) is 15.5 Å². The lowest BCUT2D eigenvalue weighted by molar-refractivity contribution is 0.262. The maximum atomic E-state index is 13.1. The van der Waals surface area contributed by atoms with Gasteiger partial charge in [0.1, 0.15) is 11.5 Å². The fourth-order valence-electron chi connectivity index (χ4n) is 3.41. The average molecular weight is 558 g/mol. The summed E-state index contributed by atoms with van der Waals surface area (Å²) in [5.74, 6) is 1.41. The number of hydrogen-bond donors (Lipinski definition) is 3. The molecule has 0 unspecified atom stereocenters. The molecule has 0 aliphatic carbocycles. The average Bonchev–Trinajstić information content (AvgIpc) is 2.85. The number of fused-ring (bicyclic) bond motifs is 2. The first-order valence-corrected chi connectivity index (χ1v) is 13.6. The number of rotatable bonds is 5. The van der Waals surface area contributed by atoms with E-state index < -0.39 is 16.1 Å². The van der Waals surface area contributed by atoms with Crippen LogP contribution in [0.2, 0.25) is 10.0 Å². The van der Waals surface area contributed by atoms with Crippen LogP contribution in [-0.2, 0) is 10.0 Å². The van der Waals surface area contributed by atoms with E-state index in [9.17, 15) is 13.2 Å². The molecule has 0 bridgehead atoms. The Morgan fingerprint density at radius 1 is 0.722 bits per heavy atom. The van der Waals surface area contributed by atoms with E-state index >= 15 is 0 Å². The standard InChI is InChI=1S/C25H17Cl2N3O4S2/c26-19-10-8-16(13-20(19)27)29-25(31)28-15-4-3-5-18(12-15)36(32,33)30-17-9-11-22-24(14-17)35-23-7-2-1-6-21(23)34-22/h1-14,30H,(H2,28,29,31). The van der Waals surface area contributed by atoms with Crippen molar-refractivity contribution in [2.75, 3.05) is 15.4 Å². The van der Waals surface area contributed by atoms with Crippen LogP contribution in [0.4, 0.5) is 21.9 Å². The van der Waals surface area contributed by atoms with Gasteiger partial charge in [-0.2, -0.15) is 0 Å². The molecular weight excluding hydrogens is 541 g/mol. The zero-order chi connectivity index (χ0) is 25.3. The fraction of sp³-hybridized carbons (Fsp3) is 0. The van der Waals surface area contributed by atoms with Crippen LogP contribution in [-0.4, -0.2) is 14.4 Å². The second-order valence-corrected chi connectivity index (χ2v) is 11.2. The maximum absolute atomic E-state index is 13.1. The predicted molar refractivity (Wildman–Crippen MR) is 143 cm³/mol. The minimum Gasteiger partial charge on any atom is -0.455 e. The molecule has 0 spiro atoms. The molecule has 5 rings (SSSR count). The number of halogens is 2. The van der Waals surface area contributed by atoms with Crippen LogP contribution in [0.3, 0.4) is 0 Å². The summed E-state index contributed by atoms with van der Waals surface area (Å²) >= 11 is 13.4. The molecule has 7 nitrogen and oxygen atoms in total. The number of amides is 2. The Hall–Kier alpha value is -3.37. The van der Waals surface area contributed by atoms with Crippen molar-refractivity contribution >= 4 is 68.1 Å². The Morgan fingerprint density at radius 3 is 2.25 bits per heavy atom. The number of nitrogens with one attached hydrogen (secondary N) is 3. The van der Waals surface area contributed by atoms with Crippen molar-refractivity contribution in [3.63, 3.8) is 0 Å². The third kappa shape index (κ3) is 5.39. The zero-order valence-electron chi connectivity index (χ0n) is 18.3. The first kappa shape index (κ1) is 24.3. The Balaban J connectivity index is 1.29. The highest BCUT2D eigenvalue weighted by Crippen LogP contribution is 2.47. The Bertz CT molecular complexity index is 1600. The van der Waals surface area contributed by atoms with Gasteiger partial charge in [-0.3, -0.25) is 4.72 Å².